The molecule has 0 bridgehead atoms. The third-order valence-corrected chi connectivity index (χ3v) is 2.78. The molecule has 0 aliphatic heterocycles. The Hall–Kier alpha value is -2.36. The summed E-state index contributed by atoms with van der Waals surface area (Å²) in [6.45, 7) is 1.94. The Morgan fingerprint density at radius 1 is 1.16 bits per heavy atom. The van der Waals surface area contributed by atoms with Gasteiger partial charge in [-0.05, 0) is 42.8 Å². The minimum atomic E-state index is -0.127. The topological polar surface area (TPSA) is 45.2 Å². The van der Waals surface area contributed by atoms with Gasteiger partial charge in [-0.2, -0.15) is 0 Å². The Morgan fingerprint density at radius 2 is 1.84 bits per heavy atom. The van der Waals surface area contributed by atoms with Crippen LogP contribution in [0.1, 0.15) is 15.9 Å². The number of anilines is 2. The first-order chi connectivity index (χ1) is 9.06. The molecule has 1 N–H and O–H groups in total. The van der Waals surface area contributed by atoms with Crippen molar-refractivity contribution < 1.29 is 4.79 Å². The molecule has 0 unspecified atom stereocenters. The van der Waals surface area contributed by atoms with Crippen LogP contribution in [-0.2, 0) is 0 Å². The van der Waals surface area contributed by atoms with E-state index in [9.17, 15) is 4.79 Å². The van der Waals surface area contributed by atoms with Crippen molar-refractivity contribution in [2.45, 2.75) is 6.92 Å². The number of hydrogen-bond acceptors (Lipinski definition) is 3. The summed E-state index contributed by atoms with van der Waals surface area (Å²) in [5.41, 5.74) is 3.42. The fourth-order valence-electron chi connectivity index (χ4n) is 1.74. The predicted octanol–water partition coefficient (Wildman–Crippen LogP) is 2.71. The molecule has 0 radical (unpaired) electrons. The smallest absolute Gasteiger partial charge is 0.255 e. The third kappa shape index (κ3) is 3.31. The molecule has 0 saturated heterocycles. The van der Waals surface area contributed by atoms with Crippen LogP contribution in [0, 0.1) is 6.92 Å². The second-order valence-electron chi connectivity index (χ2n) is 4.65. The monoisotopic (exact) mass is 255 g/mol. The summed E-state index contributed by atoms with van der Waals surface area (Å²) >= 11 is 0. The molecule has 1 heterocycles. The maximum atomic E-state index is 12.1. The minimum absolute atomic E-state index is 0.127. The molecule has 0 fully saturated rings. The summed E-state index contributed by atoms with van der Waals surface area (Å²) in [7, 11) is 3.93. The normalized spacial score (nSPS) is 10.1. The first-order valence-corrected chi connectivity index (χ1v) is 6.06. The van der Waals surface area contributed by atoms with E-state index in [1.54, 1.807) is 12.4 Å². The van der Waals surface area contributed by atoms with Gasteiger partial charge in [-0.25, -0.2) is 0 Å². The zero-order chi connectivity index (χ0) is 13.8. The highest BCUT2D eigenvalue weighted by Gasteiger charge is 2.06. The summed E-state index contributed by atoms with van der Waals surface area (Å²) < 4.78 is 0. The maximum Gasteiger partial charge on any atom is 0.255 e. The van der Waals surface area contributed by atoms with Gasteiger partial charge in [0, 0.05) is 31.5 Å². The molecular weight excluding hydrogens is 238 g/mol. The number of nitrogens with one attached hydrogen (secondary N) is 1. The fraction of sp³-hybridized carbons (Fsp3) is 0.200. The van der Waals surface area contributed by atoms with Gasteiger partial charge in [0.25, 0.3) is 5.91 Å². The highest BCUT2D eigenvalue weighted by Crippen LogP contribution is 2.14. The lowest BCUT2D eigenvalue weighted by molar-refractivity contribution is 0.102. The van der Waals surface area contributed by atoms with Crippen LogP contribution < -0.4 is 10.2 Å². The number of rotatable bonds is 3. The number of carbonyl (C=O) groups is 1. The summed E-state index contributed by atoms with van der Waals surface area (Å²) in [5.74, 6) is -0.127. The van der Waals surface area contributed by atoms with Gasteiger partial charge in [0.1, 0.15) is 0 Å². The number of hydrogen-bond donors (Lipinski definition) is 1. The molecule has 19 heavy (non-hydrogen) atoms. The first kappa shape index (κ1) is 13.1. The lowest BCUT2D eigenvalue weighted by atomic mass is 10.2. The summed E-state index contributed by atoms with van der Waals surface area (Å²) in [5, 5.41) is 2.83. The van der Waals surface area contributed by atoms with Crippen molar-refractivity contribution >= 4 is 17.3 Å². The van der Waals surface area contributed by atoms with E-state index in [2.05, 4.69) is 10.3 Å². The van der Waals surface area contributed by atoms with Gasteiger partial charge >= 0.3 is 0 Å². The maximum absolute atomic E-state index is 12.1. The number of pyridine rings is 1. The lowest BCUT2D eigenvalue weighted by Gasteiger charge is -2.12. The lowest BCUT2D eigenvalue weighted by Crippen LogP contribution is -2.13. The van der Waals surface area contributed by atoms with Crippen LogP contribution in [-0.4, -0.2) is 25.0 Å². The molecule has 2 rings (SSSR count). The van der Waals surface area contributed by atoms with Crippen molar-refractivity contribution in [2.75, 3.05) is 24.3 Å². The fourth-order valence-corrected chi connectivity index (χ4v) is 1.74. The molecule has 1 aromatic carbocycles. The molecule has 2 aromatic rings. The molecule has 0 aliphatic rings. The largest absolute Gasteiger partial charge is 0.378 e. The second kappa shape index (κ2) is 5.52. The highest BCUT2D eigenvalue weighted by molar-refractivity contribution is 6.04. The Labute approximate surface area is 113 Å². The Balaban J connectivity index is 2.11. The van der Waals surface area contributed by atoms with E-state index >= 15 is 0 Å². The third-order valence-electron chi connectivity index (χ3n) is 2.78. The number of aryl methyl sites for hydroxylation is 1. The van der Waals surface area contributed by atoms with Crippen LogP contribution in [0.25, 0.3) is 0 Å². The average Bonchev–Trinajstić information content (AvgIpc) is 2.39. The van der Waals surface area contributed by atoms with Crippen molar-refractivity contribution in [1.29, 1.82) is 0 Å². The van der Waals surface area contributed by atoms with Crippen molar-refractivity contribution in [3.63, 3.8) is 0 Å². The predicted molar refractivity (Wildman–Crippen MR) is 77.7 cm³/mol. The average molecular weight is 255 g/mol. The van der Waals surface area contributed by atoms with Gasteiger partial charge < -0.3 is 10.2 Å². The zero-order valence-electron chi connectivity index (χ0n) is 11.3. The minimum Gasteiger partial charge on any atom is -0.378 e. The molecule has 1 amide bonds. The van der Waals surface area contributed by atoms with Gasteiger partial charge in [-0.3, -0.25) is 9.78 Å². The number of aromatic nitrogens is 1. The van der Waals surface area contributed by atoms with Crippen LogP contribution in [0.3, 0.4) is 0 Å². The van der Waals surface area contributed by atoms with Crippen LogP contribution in [0.2, 0.25) is 0 Å². The summed E-state index contributed by atoms with van der Waals surface area (Å²) in [4.78, 5) is 18.1. The SMILES string of the molecule is Cc1cncc(NC(=O)c2ccc(N(C)C)cc2)c1. The number of amides is 1. The molecule has 4 heteroatoms. The molecule has 1 aromatic heterocycles. The van der Waals surface area contributed by atoms with E-state index in [0.29, 0.717) is 11.3 Å². The molecule has 0 spiro atoms. The van der Waals surface area contributed by atoms with Crippen molar-refractivity contribution in [1.82, 2.24) is 4.98 Å². The standard InChI is InChI=1S/C15H17N3O/c1-11-8-13(10-16-9-11)17-15(19)12-4-6-14(7-5-12)18(2)3/h4-10H,1-3H3,(H,17,19). The van der Waals surface area contributed by atoms with Crippen molar-refractivity contribution in [3.8, 4) is 0 Å². The molecule has 0 aliphatic carbocycles. The number of carbonyl (C=O) groups excluding carboxylic acids is 1. The Morgan fingerprint density at radius 3 is 2.42 bits per heavy atom. The first-order valence-electron chi connectivity index (χ1n) is 6.06. The zero-order valence-corrected chi connectivity index (χ0v) is 11.3. The summed E-state index contributed by atoms with van der Waals surface area (Å²) in [6.07, 6.45) is 3.39. The molecule has 0 atom stereocenters. The van der Waals surface area contributed by atoms with Gasteiger partial charge in [-0.15, -0.1) is 0 Å². The van der Waals surface area contributed by atoms with E-state index in [1.807, 2.05) is 56.3 Å². The number of nitrogens with zero attached hydrogens (tertiary/aromatic N) is 2. The van der Waals surface area contributed by atoms with Crippen molar-refractivity contribution in [2.24, 2.45) is 0 Å². The van der Waals surface area contributed by atoms with Gasteiger partial charge in [-0.1, -0.05) is 0 Å². The van der Waals surface area contributed by atoms with Gasteiger partial charge in [0.05, 0.1) is 11.9 Å². The highest BCUT2D eigenvalue weighted by atomic mass is 16.1. The van der Waals surface area contributed by atoms with E-state index in [-0.39, 0.29) is 5.91 Å². The van der Waals surface area contributed by atoms with Gasteiger partial charge in [0.2, 0.25) is 0 Å². The van der Waals surface area contributed by atoms with Crippen LogP contribution in [0.4, 0.5) is 11.4 Å². The molecule has 98 valence electrons. The van der Waals surface area contributed by atoms with E-state index in [0.717, 1.165) is 11.3 Å². The van der Waals surface area contributed by atoms with Crippen molar-refractivity contribution in [3.05, 3.63) is 53.9 Å². The van der Waals surface area contributed by atoms with Gasteiger partial charge in [0.15, 0.2) is 0 Å². The van der Waals surface area contributed by atoms with Crippen LogP contribution in [0.15, 0.2) is 42.7 Å². The van der Waals surface area contributed by atoms with E-state index in [1.165, 1.54) is 0 Å². The number of benzene rings is 1. The second-order valence-corrected chi connectivity index (χ2v) is 4.65. The van der Waals surface area contributed by atoms with E-state index in [4.69, 9.17) is 0 Å². The Kier molecular flexibility index (Phi) is 3.80. The molecule has 0 saturated carbocycles. The molecule has 4 nitrogen and oxygen atoms in total. The quantitative estimate of drug-likeness (QED) is 0.917. The molecular formula is C15H17N3O. The van der Waals surface area contributed by atoms with E-state index < -0.39 is 0 Å². The Bertz CT molecular complexity index is 576. The van der Waals surface area contributed by atoms with Crippen LogP contribution >= 0.6 is 0 Å². The summed E-state index contributed by atoms with van der Waals surface area (Å²) in [6, 6.07) is 9.35. The van der Waals surface area contributed by atoms with Crippen LogP contribution in [0.5, 0.6) is 0 Å².